The normalized spacial score (nSPS) is 11.8. The van der Waals surface area contributed by atoms with E-state index >= 15 is 0 Å². The molecule has 2 aromatic rings. The molecule has 0 aliphatic carbocycles. The van der Waals surface area contributed by atoms with Crippen molar-refractivity contribution in [3.63, 3.8) is 0 Å². The Balaban J connectivity index is 2.03. The maximum atomic E-state index is 12.8. The van der Waals surface area contributed by atoms with Crippen molar-refractivity contribution in [1.82, 2.24) is 14.9 Å². The first kappa shape index (κ1) is 14.7. The minimum absolute atomic E-state index is 0.177. The second-order valence-electron chi connectivity index (χ2n) is 4.62. The zero-order chi connectivity index (χ0) is 14.8. The van der Waals surface area contributed by atoms with Crippen LogP contribution in [0, 0.1) is 19.7 Å². The molecule has 20 heavy (non-hydrogen) atoms. The third-order valence-corrected chi connectivity index (χ3v) is 4.32. The Morgan fingerprint density at radius 3 is 2.45 bits per heavy atom. The minimum atomic E-state index is -3.47. The standard InChI is InChI=1S/C13H16FN3O2S/c1-9-13(10(2)17-16-9)7-15-20(18,19)8-11-3-5-12(14)6-4-11/h3-6,15H,7-8H2,1-2H3,(H,16,17). The molecule has 2 rings (SSSR count). The summed E-state index contributed by atoms with van der Waals surface area (Å²) in [7, 11) is -3.47. The van der Waals surface area contributed by atoms with Crippen LogP contribution >= 0.6 is 0 Å². The summed E-state index contributed by atoms with van der Waals surface area (Å²) in [6, 6.07) is 5.41. The van der Waals surface area contributed by atoms with Gasteiger partial charge in [0.1, 0.15) is 5.82 Å². The molecule has 1 aromatic carbocycles. The lowest BCUT2D eigenvalue weighted by atomic mass is 10.2. The number of aryl methyl sites for hydroxylation is 2. The van der Waals surface area contributed by atoms with Gasteiger partial charge in [0.05, 0.1) is 11.4 Å². The maximum absolute atomic E-state index is 12.8. The fourth-order valence-corrected chi connectivity index (χ4v) is 2.97. The van der Waals surface area contributed by atoms with E-state index in [1.807, 2.05) is 13.8 Å². The van der Waals surface area contributed by atoms with Crippen LogP contribution in [0.4, 0.5) is 4.39 Å². The number of aromatic amines is 1. The van der Waals surface area contributed by atoms with Crippen LogP contribution in [0.3, 0.4) is 0 Å². The van der Waals surface area contributed by atoms with E-state index in [9.17, 15) is 12.8 Å². The number of sulfonamides is 1. The Morgan fingerprint density at radius 1 is 1.25 bits per heavy atom. The van der Waals surface area contributed by atoms with E-state index in [1.54, 1.807) is 0 Å². The molecule has 1 aromatic heterocycles. The number of H-pyrrole nitrogens is 1. The summed E-state index contributed by atoms with van der Waals surface area (Å²) in [5, 5.41) is 6.81. The third kappa shape index (κ3) is 3.64. The quantitative estimate of drug-likeness (QED) is 0.883. The summed E-state index contributed by atoms with van der Waals surface area (Å²) in [4.78, 5) is 0. The molecule has 5 nitrogen and oxygen atoms in total. The number of hydrogen-bond donors (Lipinski definition) is 2. The molecule has 0 radical (unpaired) electrons. The SMILES string of the molecule is Cc1n[nH]c(C)c1CNS(=O)(=O)Cc1ccc(F)cc1. The lowest BCUT2D eigenvalue weighted by Crippen LogP contribution is -2.25. The topological polar surface area (TPSA) is 74.8 Å². The average molecular weight is 297 g/mol. The predicted molar refractivity (Wildman–Crippen MR) is 73.9 cm³/mol. The van der Waals surface area contributed by atoms with Gasteiger partial charge in [-0.2, -0.15) is 5.10 Å². The van der Waals surface area contributed by atoms with E-state index in [0.29, 0.717) is 5.56 Å². The highest BCUT2D eigenvalue weighted by Gasteiger charge is 2.14. The summed E-state index contributed by atoms with van der Waals surface area (Å²) >= 11 is 0. The van der Waals surface area contributed by atoms with Crippen LogP contribution in [0.5, 0.6) is 0 Å². The zero-order valence-electron chi connectivity index (χ0n) is 11.3. The molecule has 0 fully saturated rings. The van der Waals surface area contributed by atoms with Gasteiger partial charge in [-0.05, 0) is 31.5 Å². The molecule has 0 aliphatic rings. The zero-order valence-corrected chi connectivity index (χ0v) is 12.1. The highest BCUT2D eigenvalue weighted by atomic mass is 32.2. The van der Waals surface area contributed by atoms with Crippen LogP contribution in [-0.2, 0) is 22.3 Å². The smallest absolute Gasteiger partial charge is 0.216 e. The van der Waals surface area contributed by atoms with Gasteiger partial charge in [-0.25, -0.2) is 17.5 Å². The van der Waals surface area contributed by atoms with E-state index in [1.165, 1.54) is 24.3 Å². The van der Waals surface area contributed by atoms with E-state index in [2.05, 4.69) is 14.9 Å². The molecule has 2 N–H and O–H groups in total. The first-order valence-corrected chi connectivity index (χ1v) is 7.75. The van der Waals surface area contributed by atoms with Crippen molar-refractivity contribution in [2.75, 3.05) is 0 Å². The second kappa shape index (κ2) is 5.72. The van der Waals surface area contributed by atoms with Gasteiger partial charge in [-0.3, -0.25) is 5.10 Å². The highest BCUT2D eigenvalue weighted by Crippen LogP contribution is 2.11. The number of hydrogen-bond acceptors (Lipinski definition) is 3. The van der Waals surface area contributed by atoms with Crippen molar-refractivity contribution in [3.05, 3.63) is 52.6 Å². The molecule has 108 valence electrons. The summed E-state index contributed by atoms with van der Waals surface area (Å²) in [6.07, 6.45) is 0. The monoisotopic (exact) mass is 297 g/mol. The Labute approximate surface area is 117 Å². The Bertz CT molecular complexity index is 673. The van der Waals surface area contributed by atoms with Gasteiger partial charge in [-0.15, -0.1) is 0 Å². The summed E-state index contributed by atoms with van der Waals surface area (Å²) < 4.78 is 39.2. The van der Waals surface area contributed by atoms with Crippen molar-refractivity contribution < 1.29 is 12.8 Å². The second-order valence-corrected chi connectivity index (χ2v) is 6.43. The van der Waals surface area contributed by atoms with Gasteiger partial charge in [0, 0.05) is 17.8 Å². The van der Waals surface area contributed by atoms with Crippen molar-refractivity contribution in [1.29, 1.82) is 0 Å². The summed E-state index contributed by atoms with van der Waals surface area (Å²) in [5.41, 5.74) is 2.99. The van der Waals surface area contributed by atoms with Crippen molar-refractivity contribution in [3.8, 4) is 0 Å². The fraction of sp³-hybridized carbons (Fsp3) is 0.308. The van der Waals surface area contributed by atoms with E-state index in [-0.39, 0.29) is 18.1 Å². The molecule has 0 atom stereocenters. The van der Waals surface area contributed by atoms with Crippen LogP contribution in [0.25, 0.3) is 0 Å². The van der Waals surface area contributed by atoms with Gasteiger partial charge in [0.25, 0.3) is 0 Å². The van der Waals surface area contributed by atoms with Crippen LogP contribution in [0.15, 0.2) is 24.3 Å². The van der Waals surface area contributed by atoms with Crippen molar-refractivity contribution >= 4 is 10.0 Å². The van der Waals surface area contributed by atoms with Crippen LogP contribution in [0.2, 0.25) is 0 Å². The van der Waals surface area contributed by atoms with Gasteiger partial charge in [0.15, 0.2) is 0 Å². The minimum Gasteiger partial charge on any atom is -0.282 e. The molecule has 0 spiro atoms. The Morgan fingerprint density at radius 2 is 1.90 bits per heavy atom. The van der Waals surface area contributed by atoms with Crippen LogP contribution in [-0.4, -0.2) is 18.6 Å². The lowest BCUT2D eigenvalue weighted by Gasteiger charge is -2.07. The predicted octanol–water partition coefficient (Wildman–Crippen LogP) is 1.79. The molecule has 0 saturated heterocycles. The molecule has 1 heterocycles. The average Bonchev–Trinajstić information content (AvgIpc) is 2.69. The van der Waals surface area contributed by atoms with Crippen molar-refractivity contribution in [2.24, 2.45) is 0 Å². The number of rotatable bonds is 5. The molecule has 0 aliphatic heterocycles. The van der Waals surface area contributed by atoms with E-state index < -0.39 is 10.0 Å². The van der Waals surface area contributed by atoms with Gasteiger partial charge in [-0.1, -0.05) is 12.1 Å². The first-order chi connectivity index (χ1) is 9.37. The summed E-state index contributed by atoms with van der Waals surface area (Å²) in [6.45, 7) is 3.84. The molecule has 7 heteroatoms. The van der Waals surface area contributed by atoms with E-state index in [0.717, 1.165) is 17.0 Å². The van der Waals surface area contributed by atoms with Crippen molar-refractivity contribution in [2.45, 2.75) is 26.1 Å². The molecule has 0 amide bonds. The highest BCUT2D eigenvalue weighted by molar-refractivity contribution is 7.88. The number of aromatic nitrogens is 2. The Hall–Kier alpha value is -1.73. The van der Waals surface area contributed by atoms with Crippen LogP contribution in [0.1, 0.15) is 22.5 Å². The Kier molecular flexibility index (Phi) is 4.20. The number of nitrogens with zero attached hydrogens (tertiary/aromatic N) is 1. The largest absolute Gasteiger partial charge is 0.282 e. The molecule has 0 unspecified atom stereocenters. The molecular weight excluding hydrogens is 281 g/mol. The van der Waals surface area contributed by atoms with Gasteiger partial charge < -0.3 is 0 Å². The maximum Gasteiger partial charge on any atom is 0.216 e. The number of benzene rings is 1. The third-order valence-electron chi connectivity index (χ3n) is 3.02. The number of nitrogens with one attached hydrogen (secondary N) is 2. The van der Waals surface area contributed by atoms with Gasteiger partial charge in [0.2, 0.25) is 10.0 Å². The molecule has 0 bridgehead atoms. The molecular formula is C13H16FN3O2S. The van der Waals surface area contributed by atoms with Crippen LogP contribution < -0.4 is 4.72 Å². The van der Waals surface area contributed by atoms with E-state index in [4.69, 9.17) is 0 Å². The number of halogens is 1. The first-order valence-electron chi connectivity index (χ1n) is 6.09. The summed E-state index contributed by atoms with van der Waals surface area (Å²) in [5.74, 6) is -0.563. The molecule has 0 saturated carbocycles. The fourth-order valence-electron chi connectivity index (χ4n) is 1.87. The van der Waals surface area contributed by atoms with Gasteiger partial charge >= 0.3 is 0 Å². The lowest BCUT2D eigenvalue weighted by molar-refractivity contribution is 0.580.